The van der Waals surface area contributed by atoms with E-state index in [0.29, 0.717) is 24.9 Å². The van der Waals surface area contributed by atoms with Crippen LogP contribution in [0.3, 0.4) is 0 Å². The summed E-state index contributed by atoms with van der Waals surface area (Å²) in [5, 5.41) is 22.9. The first-order valence-electron chi connectivity index (χ1n) is 14.0. The summed E-state index contributed by atoms with van der Waals surface area (Å²) < 4.78 is 6.56. The van der Waals surface area contributed by atoms with E-state index in [0.717, 1.165) is 16.3 Å². The molecule has 0 radical (unpaired) electrons. The molecule has 3 aliphatic rings. The zero-order chi connectivity index (χ0) is 28.9. The smallest absolute Gasteiger partial charge is 0.310 e. The third kappa shape index (κ3) is 4.16. The fraction of sp³-hybridized carbons (Fsp3) is 0.364. The van der Waals surface area contributed by atoms with Gasteiger partial charge >= 0.3 is 5.97 Å². The van der Waals surface area contributed by atoms with Gasteiger partial charge in [0.2, 0.25) is 5.91 Å². The SMILES string of the molecule is C=CCN(C(=O)C1N([C@@H](CO)Cc2ccccc2)C(=O)[C@@H]2[C@H](C(=O)O)[C@]3(C)CCC12O3)c1ccc2ccccc2c1. The number of hydrogen-bond acceptors (Lipinski definition) is 5. The van der Waals surface area contributed by atoms with E-state index in [-0.39, 0.29) is 19.1 Å². The van der Waals surface area contributed by atoms with Gasteiger partial charge in [-0.2, -0.15) is 0 Å². The Morgan fingerprint density at radius 1 is 1.10 bits per heavy atom. The van der Waals surface area contributed by atoms with Crippen molar-refractivity contribution in [3.8, 4) is 0 Å². The lowest BCUT2D eigenvalue weighted by atomic mass is 9.66. The van der Waals surface area contributed by atoms with E-state index < -0.39 is 47.0 Å². The second-order valence-electron chi connectivity index (χ2n) is 11.6. The molecule has 3 aromatic carbocycles. The van der Waals surface area contributed by atoms with E-state index in [1.54, 1.807) is 17.9 Å². The van der Waals surface area contributed by atoms with Crippen molar-refractivity contribution in [2.24, 2.45) is 11.8 Å². The summed E-state index contributed by atoms with van der Waals surface area (Å²) in [5.41, 5.74) is -0.841. The number of carbonyl (C=O) groups is 3. The molecule has 2 amide bonds. The number of benzene rings is 3. The Balaban J connectivity index is 1.47. The Morgan fingerprint density at radius 3 is 2.49 bits per heavy atom. The fourth-order valence-corrected chi connectivity index (χ4v) is 7.49. The van der Waals surface area contributed by atoms with Crippen molar-refractivity contribution in [1.29, 1.82) is 0 Å². The second-order valence-corrected chi connectivity index (χ2v) is 11.6. The van der Waals surface area contributed by atoms with Crippen LogP contribution in [0.15, 0.2) is 85.5 Å². The predicted octanol–water partition coefficient (Wildman–Crippen LogP) is 3.81. The van der Waals surface area contributed by atoms with Gasteiger partial charge in [-0.05, 0) is 54.7 Å². The Labute approximate surface area is 238 Å². The van der Waals surface area contributed by atoms with Crippen LogP contribution in [0, 0.1) is 11.8 Å². The predicted molar refractivity (Wildman–Crippen MR) is 154 cm³/mol. The van der Waals surface area contributed by atoms with Gasteiger partial charge in [0, 0.05) is 12.2 Å². The number of rotatable bonds is 9. The first-order chi connectivity index (χ1) is 19.7. The minimum absolute atomic E-state index is 0.179. The molecule has 0 aliphatic carbocycles. The summed E-state index contributed by atoms with van der Waals surface area (Å²) >= 11 is 0. The number of fused-ring (bicyclic) bond motifs is 2. The van der Waals surface area contributed by atoms with E-state index in [2.05, 4.69) is 6.58 Å². The van der Waals surface area contributed by atoms with Crippen molar-refractivity contribution in [1.82, 2.24) is 4.90 Å². The molecule has 1 spiro atoms. The highest BCUT2D eigenvalue weighted by Crippen LogP contribution is 2.63. The number of aliphatic hydroxyl groups excluding tert-OH is 1. The number of carbonyl (C=O) groups excluding carboxylic acids is 2. The van der Waals surface area contributed by atoms with Crippen molar-refractivity contribution in [2.75, 3.05) is 18.1 Å². The molecule has 41 heavy (non-hydrogen) atoms. The summed E-state index contributed by atoms with van der Waals surface area (Å²) in [5.74, 6) is -4.06. The van der Waals surface area contributed by atoms with E-state index in [4.69, 9.17) is 4.74 Å². The molecule has 6 atom stereocenters. The van der Waals surface area contributed by atoms with Gasteiger partial charge in [-0.25, -0.2) is 0 Å². The molecule has 3 fully saturated rings. The van der Waals surface area contributed by atoms with Crippen LogP contribution in [-0.2, 0) is 25.5 Å². The normalized spacial score (nSPS) is 29.0. The molecule has 3 saturated heterocycles. The molecule has 2 unspecified atom stereocenters. The van der Waals surface area contributed by atoms with Gasteiger partial charge < -0.3 is 24.7 Å². The average molecular weight is 555 g/mol. The number of ether oxygens (including phenoxy) is 1. The summed E-state index contributed by atoms with van der Waals surface area (Å²) in [6.07, 6.45) is 2.73. The second kappa shape index (κ2) is 10.1. The van der Waals surface area contributed by atoms with Crippen LogP contribution < -0.4 is 4.90 Å². The molecular formula is C33H34N2O6. The summed E-state index contributed by atoms with van der Waals surface area (Å²) in [4.78, 5) is 44.7. The van der Waals surface area contributed by atoms with Gasteiger partial charge in [0.15, 0.2) is 0 Å². The van der Waals surface area contributed by atoms with Crippen molar-refractivity contribution < 1.29 is 29.3 Å². The first-order valence-corrected chi connectivity index (χ1v) is 14.0. The van der Waals surface area contributed by atoms with E-state index in [1.807, 2.05) is 72.8 Å². The lowest BCUT2D eigenvalue weighted by molar-refractivity contribution is -0.155. The minimum atomic E-state index is -1.31. The highest BCUT2D eigenvalue weighted by Gasteiger charge is 2.78. The molecule has 2 N–H and O–H groups in total. The van der Waals surface area contributed by atoms with Crippen molar-refractivity contribution in [2.45, 2.75) is 49.5 Å². The van der Waals surface area contributed by atoms with Gasteiger partial charge in [-0.15, -0.1) is 6.58 Å². The van der Waals surface area contributed by atoms with Gasteiger partial charge in [-0.1, -0.05) is 66.7 Å². The fourth-order valence-electron chi connectivity index (χ4n) is 7.49. The Kier molecular flexibility index (Phi) is 6.71. The lowest BCUT2D eigenvalue weighted by Gasteiger charge is -2.39. The quantitative estimate of drug-likeness (QED) is 0.390. The van der Waals surface area contributed by atoms with Crippen LogP contribution in [0.5, 0.6) is 0 Å². The standard InChI is InChI=1S/C33H34N2O6/c1-3-17-34(24-14-13-22-11-7-8-12-23(22)19-24)30(38)28-33-16-15-32(2,41-33)27(31(39)40)26(33)29(37)35(28)25(20-36)18-21-9-5-4-6-10-21/h3-14,19,25-28,36H,1,15-18,20H2,2H3,(H,39,40)/t25-,26+,27-,28?,32+,33?/m1/s1. The maximum absolute atomic E-state index is 14.8. The number of amides is 2. The van der Waals surface area contributed by atoms with Crippen LogP contribution in [0.2, 0.25) is 0 Å². The number of hydrogen-bond donors (Lipinski definition) is 2. The van der Waals surface area contributed by atoms with Crippen LogP contribution in [0.1, 0.15) is 25.3 Å². The van der Waals surface area contributed by atoms with E-state index >= 15 is 0 Å². The molecule has 3 aromatic rings. The van der Waals surface area contributed by atoms with Gasteiger partial charge in [0.05, 0.1) is 30.1 Å². The van der Waals surface area contributed by atoms with Gasteiger partial charge in [-0.3, -0.25) is 14.4 Å². The van der Waals surface area contributed by atoms with Crippen molar-refractivity contribution in [3.63, 3.8) is 0 Å². The summed E-state index contributed by atoms with van der Waals surface area (Å²) in [6, 6.07) is 21.2. The Hall–Kier alpha value is -4.01. The maximum atomic E-state index is 14.8. The zero-order valence-electron chi connectivity index (χ0n) is 23.0. The third-order valence-corrected chi connectivity index (χ3v) is 9.26. The third-order valence-electron chi connectivity index (χ3n) is 9.26. The van der Waals surface area contributed by atoms with E-state index in [9.17, 15) is 24.6 Å². The molecule has 3 heterocycles. The molecule has 8 heteroatoms. The zero-order valence-corrected chi connectivity index (χ0v) is 23.0. The van der Waals surface area contributed by atoms with Gasteiger partial charge in [0.25, 0.3) is 5.91 Å². The molecular weight excluding hydrogens is 520 g/mol. The highest BCUT2D eigenvalue weighted by atomic mass is 16.5. The van der Waals surface area contributed by atoms with E-state index in [1.165, 1.54) is 4.90 Å². The Morgan fingerprint density at radius 2 is 1.80 bits per heavy atom. The molecule has 212 valence electrons. The molecule has 3 aliphatic heterocycles. The maximum Gasteiger partial charge on any atom is 0.310 e. The summed E-state index contributed by atoms with van der Waals surface area (Å²) in [6.45, 7) is 5.40. The molecule has 2 bridgehead atoms. The molecule has 0 saturated carbocycles. The number of likely N-dealkylation sites (tertiary alicyclic amines) is 1. The monoisotopic (exact) mass is 554 g/mol. The number of carboxylic acid groups (broad SMARTS) is 1. The van der Waals surface area contributed by atoms with Crippen LogP contribution >= 0.6 is 0 Å². The first kappa shape index (κ1) is 27.2. The summed E-state index contributed by atoms with van der Waals surface area (Å²) in [7, 11) is 0. The van der Waals surface area contributed by atoms with Crippen LogP contribution in [0.4, 0.5) is 5.69 Å². The number of aliphatic hydroxyl groups is 1. The van der Waals surface area contributed by atoms with Crippen molar-refractivity contribution >= 4 is 34.2 Å². The minimum Gasteiger partial charge on any atom is -0.481 e. The number of carboxylic acids is 1. The average Bonchev–Trinajstić information content (AvgIpc) is 3.55. The highest BCUT2D eigenvalue weighted by molar-refractivity contribution is 6.05. The number of nitrogens with zero attached hydrogens (tertiary/aromatic N) is 2. The Bertz CT molecular complexity index is 1520. The molecule has 0 aromatic heterocycles. The van der Waals surface area contributed by atoms with Gasteiger partial charge in [0.1, 0.15) is 11.6 Å². The largest absolute Gasteiger partial charge is 0.481 e. The topological polar surface area (TPSA) is 107 Å². The molecule has 6 rings (SSSR count). The van der Waals surface area contributed by atoms with Crippen molar-refractivity contribution in [3.05, 3.63) is 91.0 Å². The van der Waals surface area contributed by atoms with Crippen LogP contribution in [-0.4, -0.2) is 69.3 Å². The number of anilines is 1. The molecule has 8 nitrogen and oxygen atoms in total. The number of aliphatic carboxylic acids is 1. The lowest BCUT2D eigenvalue weighted by Crippen LogP contribution is -2.59. The van der Waals surface area contributed by atoms with Crippen LogP contribution in [0.25, 0.3) is 10.8 Å².